The third kappa shape index (κ3) is 5.33. The van der Waals surface area contributed by atoms with Crippen molar-refractivity contribution in [2.24, 2.45) is 0 Å². The van der Waals surface area contributed by atoms with Gasteiger partial charge in [0.1, 0.15) is 11.8 Å². The molecule has 0 aromatic heterocycles. The number of nitrogens with one attached hydrogen (secondary N) is 1. The van der Waals surface area contributed by atoms with E-state index in [0.29, 0.717) is 17.7 Å². The van der Waals surface area contributed by atoms with Gasteiger partial charge in [-0.2, -0.15) is 0 Å². The van der Waals surface area contributed by atoms with Crippen LogP contribution < -0.4 is 10.1 Å². The van der Waals surface area contributed by atoms with Crippen LogP contribution in [0.5, 0.6) is 5.75 Å². The van der Waals surface area contributed by atoms with Gasteiger partial charge in [0, 0.05) is 24.2 Å². The number of carbonyl (C=O) groups is 1. The van der Waals surface area contributed by atoms with Gasteiger partial charge >= 0.3 is 5.97 Å². The average molecular weight is 310 g/mol. The van der Waals surface area contributed by atoms with Gasteiger partial charge in [0.25, 0.3) is 5.69 Å². The van der Waals surface area contributed by atoms with E-state index in [-0.39, 0.29) is 18.3 Å². The first-order chi connectivity index (χ1) is 10.3. The molecule has 7 nitrogen and oxygen atoms in total. The molecule has 7 heteroatoms. The highest BCUT2D eigenvalue weighted by molar-refractivity contribution is 5.73. The highest BCUT2D eigenvalue weighted by Gasteiger charge is 2.18. The smallest absolute Gasteiger partial charge is 0.320 e. The molecule has 0 aliphatic carbocycles. The van der Waals surface area contributed by atoms with Gasteiger partial charge in [-0.05, 0) is 26.3 Å². The predicted octanol–water partition coefficient (Wildman–Crippen LogP) is 2.72. The molecule has 122 valence electrons. The quantitative estimate of drug-likeness (QED) is 0.537. The summed E-state index contributed by atoms with van der Waals surface area (Å²) in [5.74, 6) is -0.410. The zero-order valence-corrected chi connectivity index (χ0v) is 13.0. The number of nitrogens with zero attached hydrogens (tertiary/aromatic N) is 1. The molecule has 0 fully saturated rings. The van der Waals surface area contributed by atoms with Crippen LogP contribution >= 0.6 is 0 Å². The van der Waals surface area contributed by atoms with Crippen LogP contribution in [0.25, 0.3) is 0 Å². The Hall–Kier alpha value is -2.15. The number of nitro benzene ring substituents is 1. The molecule has 0 spiro atoms. The number of ether oxygens (including phenoxy) is 1. The molecule has 0 aliphatic rings. The number of aliphatic carboxylic acids is 1. The molecule has 22 heavy (non-hydrogen) atoms. The number of carboxylic acids is 1. The summed E-state index contributed by atoms with van der Waals surface area (Å²) in [6.45, 7) is 5.81. The largest absolute Gasteiger partial charge is 0.491 e. The van der Waals surface area contributed by atoms with Crippen molar-refractivity contribution < 1.29 is 19.6 Å². The molecular formula is C15H22N2O5. The summed E-state index contributed by atoms with van der Waals surface area (Å²) in [6.07, 6.45) is 1.14. The Morgan fingerprint density at radius 1 is 1.45 bits per heavy atom. The first kappa shape index (κ1) is 17.9. The van der Waals surface area contributed by atoms with Crippen molar-refractivity contribution in [3.63, 3.8) is 0 Å². The van der Waals surface area contributed by atoms with E-state index in [2.05, 4.69) is 5.32 Å². The third-order valence-corrected chi connectivity index (χ3v) is 3.03. The summed E-state index contributed by atoms with van der Waals surface area (Å²) < 4.78 is 5.62. The number of rotatable bonds is 9. The molecule has 0 saturated carbocycles. The second-order valence-electron chi connectivity index (χ2n) is 5.28. The maximum absolute atomic E-state index is 11.1. The molecular weight excluding hydrogens is 288 g/mol. The Balaban J connectivity index is 2.95. The molecule has 1 atom stereocenters. The minimum absolute atomic E-state index is 0.0460. The molecule has 2 N–H and O–H groups in total. The SMILES string of the molecule is CCCC(NCc1cc([N+](=O)[O-])ccc1OC(C)C)C(=O)O. The van der Waals surface area contributed by atoms with E-state index in [1.807, 2.05) is 20.8 Å². The lowest BCUT2D eigenvalue weighted by atomic mass is 10.1. The van der Waals surface area contributed by atoms with Crippen LogP contribution in [-0.4, -0.2) is 28.1 Å². The lowest BCUT2D eigenvalue weighted by Gasteiger charge is -2.17. The molecule has 1 aromatic rings. The Kier molecular flexibility index (Phi) is 6.78. The fourth-order valence-corrected chi connectivity index (χ4v) is 2.02. The van der Waals surface area contributed by atoms with Crippen LogP contribution in [-0.2, 0) is 11.3 Å². The number of hydrogen-bond donors (Lipinski definition) is 2. The van der Waals surface area contributed by atoms with Crippen molar-refractivity contribution in [1.82, 2.24) is 5.32 Å². The van der Waals surface area contributed by atoms with Crippen LogP contribution in [0.4, 0.5) is 5.69 Å². The normalized spacial score (nSPS) is 12.2. The minimum Gasteiger partial charge on any atom is -0.491 e. The zero-order valence-electron chi connectivity index (χ0n) is 13.0. The van der Waals surface area contributed by atoms with E-state index in [1.54, 1.807) is 6.07 Å². The second-order valence-corrected chi connectivity index (χ2v) is 5.28. The average Bonchev–Trinajstić information content (AvgIpc) is 2.43. The van der Waals surface area contributed by atoms with E-state index in [4.69, 9.17) is 9.84 Å². The van der Waals surface area contributed by atoms with E-state index in [1.165, 1.54) is 12.1 Å². The highest BCUT2D eigenvalue weighted by Crippen LogP contribution is 2.25. The second kappa shape index (κ2) is 8.33. The van der Waals surface area contributed by atoms with E-state index < -0.39 is 16.9 Å². The summed E-state index contributed by atoms with van der Waals surface area (Å²) in [6, 6.07) is 3.65. The first-order valence-corrected chi connectivity index (χ1v) is 7.25. The van der Waals surface area contributed by atoms with Crippen molar-refractivity contribution in [3.05, 3.63) is 33.9 Å². The summed E-state index contributed by atoms with van der Waals surface area (Å²) >= 11 is 0. The zero-order chi connectivity index (χ0) is 16.7. The first-order valence-electron chi connectivity index (χ1n) is 7.25. The molecule has 0 heterocycles. The molecule has 0 saturated heterocycles. The predicted molar refractivity (Wildman–Crippen MR) is 82.0 cm³/mol. The lowest BCUT2D eigenvalue weighted by Crippen LogP contribution is -2.36. The molecule has 1 unspecified atom stereocenters. The van der Waals surface area contributed by atoms with Crippen molar-refractivity contribution in [3.8, 4) is 5.75 Å². The Bertz CT molecular complexity index is 531. The maximum atomic E-state index is 11.1. The van der Waals surface area contributed by atoms with E-state index >= 15 is 0 Å². The summed E-state index contributed by atoms with van der Waals surface area (Å²) in [7, 11) is 0. The van der Waals surface area contributed by atoms with Crippen LogP contribution in [0, 0.1) is 10.1 Å². The molecule has 0 radical (unpaired) electrons. The van der Waals surface area contributed by atoms with Gasteiger partial charge in [0.05, 0.1) is 11.0 Å². The monoisotopic (exact) mass is 310 g/mol. The standard InChI is InChI=1S/C15H22N2O5/c1-4-5-13(15(18)19)16-9-11-8-12(17(20)21)6-7-14(11)22-10(2)3/h6-8,10,13,16H,4-5,9H2,1-3H3,(H,18,19). The number of hydrogen-bond acceptors (Lipinski definition) is 5. The fraction of sp³-hybridized carbons (Fsp3) is 0.533. The molecule has 1 aromatic carbocycles. The summed E-state index contributed by atoms with van der Waals surface area (Å²) in [4.78, 5) is 21.5. The molecule has 1 rings (SSSR count). The van der Waals surface area contributed by atoms with Crippen LogP contribution in [0.3, 0.4) is 0 Å². The Morgan fingerprint density at radius 3 is 2.64 bits per heavy atom. The summed E-state index contributed by atoms with van der Waals surface area (Å²) in [5, 5.41) is 22.9. The Labute approximate surface area is 129 Å². The van der Waals surface area contributed by atoms with Crippen LogP contribution in [0.2, 0.25) is 0 Å². The van der Waals surface area contributed by atoms with Gasteiger partial charge in [0.2, 0.25) is 0 Å². The molecule has 0 aliphatic heterocycles. The van der Waals surface area contributed by atoms with Crippen molar-refractivity contribution in [2.75, 3.05) is 0 Å². The van der Waals surface area contributed by atoms with Crippen LogP contribution in [0.15, 0.2) is 18.2 Å². The van der Waals surface area contributed by atoms with Crippen LogP contribution in [0.1, 0.15) is 39.2 Å². The number of nitro groups is 1. The van der Waals surface area contributed by atoms with Gasteiger partial charge in [-0.3, -0.25) is 14.9 Å². The Morgan fingerprint density at radius 2 is 2.14 bits per heavy atom. The highest BCUT2D eigenvalue weighted by atomic mass is 16.6. The maximum Gasteiger partial charge on any atom is 0.320 e. The third-order valence-electron chi connectivity index (χ3n) is 3.03. The molecule has 0 bridgehead atoms. The van der Waals surface area contributed by atoms with Gasteiger partial charge in [-0.25, -0.2) is 0 Å². The van der Waals surface area contributed by atoms with Gasteiger partial charge in [-0.15, -0.1) is 0 Å². The number of non-ortho nitro benzene ring substituents is 1. The topological polar surface area (TPSA) is 102 Å². The van der Waals surface area contributed by atoms with Gasteiger partial charge < -0.3 is 15.2 Å². The van der Waals surface area contributed by atoms with Crippen molar-refractivity contribution in [2.45, 2.75) is 52.3 Å². The van der Waals surface area contributed by atoms with Gasteiger partial charge in [0.15, 0.2) is 0 Å². The van der Waals surface area contributed by atoms with E-state index in [0.717, 1.165) is 6.42 Å². The fourth-order valence-electron chi connectivity index (χ4n) is 2.02. The van der Waals surface area contributed by atoms with Crippen molar-refractivity contribution >= 4 is 11.7 Å². The van der Waals surface area contributed by atoms with Gasteiger partial charge in [-0.1, -0.05) is 13.3 Å². The van der Waals surface area contributed by atoms with Crippen molar-refractivity contribution in [1.29, 1.82) is 0 Å². The van der Waals surface area contributed by atoms with E-state index in [9.17, 15) is 14.9 Å². The number of carboxylic acid groups (broad SMARTS) is 1. The minimum atomic E-state index is -0.932. The number of benzene rings is 1. The lowest BCUT2D eigenvalue weighted by molar-refractivity contribution is -0.384. The molecule has 0 amide bonds. The summed E-state index contributed by atoms with van der Waals surface area (Å²) in [5.41, 5.74) is 0.528.